The van der Waals surface area contributed by atoms with Crippen LogP contribution >= 0.6 is 12.4 Å². The molecule has 13 heavy (non-hydrogen) atoms. The molecule has 0 unspecified atom stereocenters. The molecule has 0 amide bonds. The number of ether oxygens (including phenoxy) is 1. The summed E-state index contributed by atoms with van der Waals surface area (Å²) in [5, 5.41) is 8.68. The van der Waals surface area contributed by atoms with Crippen LogP contribution in [0.1, 0.15) is 15.9 Å². The van der Waals surface area contributed by atoms with Crippen molar-refractivity contribution in [2.75, 3.05) is 6.61 Å². The summed E-state index contributed by atoms with van der Waals surface area (Å²) in [4.78, 5) is 10.6. The van der Waals surface area contributed by atoms with Crippen LogP contribution in [0.5, 0.6) is 5.75 Å². The fourth-order valence-electron chi connectivity index (χ4n) is 1.32. The molecule has 70 valence electrons. The highest BCUT2D eigenvalue weighted by molar-refractivity contribution is 5.88. The van der Waals surface area contributed by atoms with E-state index in [0.717, 1.165) is 17.7 Å². The van der Waals surface area contributed by atoms with Gasteiger partial charge in [-0.1, -0.05) is 0 Å². The van der Waals surface area contributed by atoms with E-state index in [1.54, 1.807) is 18.2 Å². The summed E-state index contributed by atoms with van der Waals surface area (Å²) in [6.07, 6.45) is 0.816. The molecule has 2 rings (SSSR count). The summed E-state index contributed by atoms with van der Waals surface area (Å²) in [6, 6.07) is 4.95. The molecular formula is C9H9ClO3. The van der Waals surface area contributed by atoms with Gasteiger partial charge in [-0.05, 0) is 23.8 Å². The summed E-state index contributed by atoms with van der Waals surface area (Å²) >= 11 is 0. The Morgan fingerprint density at radius 3 is 2.92 bits per heavy atom. The van der Waals surface area contributed by atoms with E-state index in [4.69, 9.17) is 9.84 Å². The molecule has 0 bridgehead atoms. The maximum atomic E-state index is 10.6. The Balaban J connectivity index is 0.000000845. The van der Waals surface area contributed by atoms with Crippen LogP contribution in [0.15, 0.2) is 18.2 Å². The second-order valence-electron chi connectivity index (χ2n) is 2.73. The van der Waals surface area contributed by atoms with Crippen LogP contribution in [0.4, 0.5) is 0 Å². The van der Waals surface area contributed by atoms with Crippen molar-refractivity contribution in [3.63, 3.8) is 0 Å². The number of carbonyl (C=O) groups is 1. The number of aromatic carboxylic acids is 1. The molecule has 0 saturated heterocycles. The standard InChI is InChI=1S/C9H8O3.ClH/c10-9(11)7-1-2-8-6(5-7)3-4-12-8;/h1-2,5H,3-4H2,(H,10,11);1H. The van der Waals surface area contributed by atoms with Crippen molar-refractivity contribution in [3.8, 4) is 5.75 Å². The Labute approximate surface area is 81.7 Å². The zero-order valence-electron chi connectivity index (χ0n) is 6.82. The molecule has 0 fully saturated rings. The minimum atomic E-state index is -0.885. The van der Waals surface area contributed by atoms with Crippen LogP contribution < -0.4 is 4.74 Å². The van der Waals surface area contributed by atoms with Crippen LogP contribution in [0.3, 0.4) is 0 Å². The second kappa shape index (κ2) is 3.66. The van der Waals surface area contributed by atoms with Gasteiger partial charge in [-0.15, -0.1) is 12.4 Å². The van der Waals surface area contributed by atoms with Crippen LogP contribution in [-0.2, 0) is 6.42 Å². The first-order valence-electron chi connectivity index (χ1n) is 3.76. The fourth-order valence-corrected chi connectivity index (χ4v) is 1.32. The largest absolute Gasteiger partial charge is 0.493 e. The first kappa shape index (κ1) is 9.86. The lowest BCUT2D eigenvalue weighted by Crippen LogP contribution is -1.95. The summed E-state index contributed by atoms with van der Waals surface area (Å²) in [5.74, 6) is -0.0651. The maximum absolute atomic E-state index is 10.6. The average Bonchev–Trinajstić information content (AvgIpc) is 2.49. The molecule has 1 aromatic carbocycles. The van der Waals surface area contributed by atoms with Gasteiger partial charge in [0.25, 0.3) is 0 Å². The Morgan fingerprint density at radius 1 is 1.46 bits per heavy atom. The van der Waals surface area contributed by atoms with E-state index in [2.05, 4.69) is 0 Å². The number of hydrogen-bond acceptors (Lipinski definition) is 2. The molecule has 0 aliphatic carbocycles. The highest BCUT2D eigenvalue weighted by Crippen LogP contribution is 2.25. The normalized spacial score (nSPS) is 12.6. The molecule has 1 N–H and O–H groups in total. The van der Waals surface area contributed by atoms with Crippen molar-refractivity contribution < 1.29 is 14.6 Å². The predicted molar refractivity (Wildman–Crippen MR) is 49.8 cm³/mol. The maximum Gasteiger partial charge on any atom is 0.335 e. The number of hydrogen-bond donors (Lipinski definition) is 1. The van der Waals surface area contributed by atoms with Crippen molar-refractivity contribution in [2.24, 2.45) is 0 Å². The molecule has 4 heteroatoms. The van der Waals surface area contributed by atoms with Gasteiger partial charge in [-0.2, -0.15) is 0 Å². The van der Waals surface area contributed by atoms with Crippen molar-refractivity contribution in [3.05, 3.63) is 29.3 Å². The molecule has 0 radical (unpaired) electrons. The minimum absolute atomic E-state index is 0. The molecule has 0 saturated carbocycles. The third-order valence-corrected chi connectivity index (χ3v) is 1.94. The first-order chi connectivity index (χ1) is 5.77. The van der Waals surface area contributed by atoms with Crippen molar-refractivity contribution >= 4 is 18.4 Å². The Bertz CT molecular complexity index is 336. The van der Waals surface area contributed by atoms with Gasteiger partial charge in [0.2, 0.25) is 0 Å². The second-order valence-corrected chi connectivity index (χ2v) is 2.73. The van der Waals surface area contributed by atoms with Crippen molar-refractivity contribution in [2.45, 2.75) is 6.42 Å². The van der Waals surface area contributed by atoms with E-state index in [0.29, 0.717) is 12.2 Å². The Kier molecular flexibility index (Phi) is 2.78. The van der Waals surface area contributed by atoms with E-state index >= 15 is 0 Å². The van der Waals surface area contributed by atoms with E-state index in [-0.39, 0.29) is 12.4 Å². The summed E-state index contributed by atoms with van der Waals surface area (Å²) in [6.45, 7) is 0.665. The van der Waals surface area contributed by atoms with Crippen LogP contribution in [0.2, 0.25) is 0 Å². The number of halogens is 1. The lowest BCUT2D eigenvalue weighted by atomic mass is 10.1. The SMILES string of the molecule is Cl.O=C(O)c1ccc2c(c1)CCO2. The van der Waals surface area contributed by atoms with Gasteiger partial charge in [-0.25, -0.2) is 4.79 Å². The van der Waals surface area contributed by atoms with Gasteiger partial charge in [0.15, 0.2) is 0 Å². The van der Waals surface area contributed by atoms with E-state index < -0.39 is 5.97 Å². The third-order valence-electron chi connectivity index (χ3n) is 1.94. The van der Waals surface area contributed by atoms with Gasteiger partial charge >= 0.3 is 5.97 Å². The van der Waals surface area contributed by atoms with E-state index in [1.807, 2.05) is 0 Å². The molecule has 0 aromatic heterocycles. The molecular weight excluding hydrogens is 192 g/mol. The zero-order valence-corrected chi connectivity index (χ0v) is 7.63. The minimum Gasteiger partial charge on any atom is -0.493 e. The van der Waals surface area contributed by atoms with Gasteiger partial charge < -0.3 is 9.84 Å². The quantitative estimate of drug-likeness (QED) is 0.751. The molecule has 0 atom stereocenters. The molecule has 1 heterocycles. The highest BCUT2D eigenvalue weighted by atomic mass is 35.5. The Morgan fingerprint density at radius 2 is 2.23 bits per heavy atom. The molecule has 1 aliphatic heterocycles. The molecule has 0 spiro atoms. The monoisotopic (exact) mass is 200 g/mol. The zero-order chi connectivity index (χ0) is 8.55. The number of carboxylic acid groups (broad SMARTS) is 1. The molecule has 3 nitrogen and oxygen atoms in total. The van der Waals surface area contributed by atoms with Gasteiger partial charge in [0.05, 0.1) is 12.2 Å². The first-order valence-corrected chi connectivity index (χ1v) is 3.76. The van der Waals surface area contributed by atoms with Gasteiger partial charge in [0, 0.05) is 6.42 Å². The molecule has 1 aromatic rings. The third kappa shape index (κ3) is 1.75. The predicted octanol–water partition coefficient (Wildman–Crippen LogP) is 1.74. The van der Waals surface area contributed by atoms with E-state index in [1.165, 1.54) is 0 Å². The topological polar surface area (TPSA) is 46.5 Å². The average molecular weight is 201 g/mol. The van der Waals surface area contributed by atoms with Crippen LogP contribution in [0.25, 0.3) is 0 Å². The highest BCUT2D eigenvalue weighted by Gasteiger charge is 2.13. The van der Waals surface area contributed by atoms with E-state index in [9.17, 15) is 4.79 Å². The number of carboxylic acids is 1. The fraction of sp³-hybridized carbons (Fsp3) is 0.222. The van der Waals surface area contributed by atoms with Gasteiger partial charge in [0.1, 0.15) is 5.75 Å². The summed E-state index contributed by atoms with van der Waals surface area (Å²) in [7, 11) is 0. The smallest absolute Gasteiger partial charge is 0.335 e. The summed E-state index contributed by atoms with van der Waals surface area (Å²) in [5.41, 5.74) is 1.33. The lowest BCUT2D eigenvalue weighted by molar-refractivity contribution is 0.0697. The lowest BCUT2D eigenvalue weighted by Gasteiger charge is -1.98. The number of benzene rings is 1. The van der Waals surface area contributed by atoms with Gasteiger partial charge in [-0.3, -0.25) is 0 Å². The molecule has 1 aliphatic rings. The Hall–Kier alpha value is -1.22. The number of fused-ring (bicyclic) bond motifs is 1. The van der Waals surface area contributed by atoms with Crippen molar-refractivity contribution in [1.82, 2.24) is 0 Å². The van der Waals surface area contributed by atoms with Crippen LogP contribution in [-0.4, -0.2) is 17.7 Å². The van der Waals surface area contributed by atoms with Crippen LogP contribution in [0, 0.1) is 0 Å². The van der Waals surface area contributed by atoms with Crippen molar-refractivity contribution in [1.29, 1.82) is 0 Å². The summed E-state index contributed by atoms with van der Waals surface area (Å²) < 4.78 is 5.24. The number of rotatable bonds is 1.